The van der Waals surface area contributed by atoms with Crippen LogP contribution in [0.2, 0.25) is 0 Å². The maximum atomic E-state index is 6.59. The molecular weight excluding hydrogens is 687 g/mol. The van der Waals surface area contributed by atoms with Crippen LogP contribution in [0.4, 0.5) is 5.69 Å². The third kappa shape index (κ3) is 4.99. The van der Waals surface area contributed by atoms with Crippen LogP contribution in [0.3, 0.4) is 0 Å². The molecule has 268 valence electrons. The molecule has 0 amide bonds. The highest BCUT2D eigenvalue weighted by Crippen LogP contribution is 2.56. The summed E-state index contributed by atoms with van der Waals surface area (Å²) in [4.78, 5) is 2.71. The van der Waals surface area contributed by atoms with Crippen molar-refractivity contribution in [1.29, 1.82) is 0 Å². The van der Waals surface area contributed by atoms with Crippen LogP contribution in [0.1, 0.15) is 43.9 Å². The maximum Gasteiger partial charge on any atom is 0.135 e. The molecule has 6 aromatic rings. The molecular formula is C52H43NOS. The zero-order valence-corrected chi connectivity index (χ0v) is 32.3. The van der Waals surface area contributed by atoms with Gasteiger partial charge in [0.25, 0.3) is 0 Å². The quantitative estimate of drug-likeness (QED) is 0.175. The van der Waals surface area contributed by atoms with E-state index < -0.39 is 0 Å². The van der Waals surface area contributed by atoms with Crippen molar-refractivity contribution in [3.8, 4) is 16.9 Å². The van der Waals surface area contributed by atoms with Gasteiger partial charge in [0, 0.05) is 59.8 Å². The molecule has 0 spiro atoms. The molecule has 5 atom stereocenters. The third-order valence-corrected chi connectivity index (χ3v) is 14.2. The van der Waals surface area contributed by atoms with Gasteiger partial charge in [-0.2, -0.15) is 0 Å². The normalized spacial score (nSPS) is 24.2. The number of hydrogen-bond acceptors (Lipinski definition) is 3. The van der Waals surface area contributed by atoms with Crippen LogP contribution in [0.5, 0.6) is 5.75 Å². The minimum Gasteiger partial charge on any atom is -0.484 e. The van der Waals surface area contributed by atoms with Gasteiger partial charge in [-0.1, -0.05) is 160 Å². The van der Waals surface area contributed by atoms with Gasteiger partial charge in [0.05, 0.1) is 12.1 Å². The minimum atomic E-state index is -0.0762. The monoisotopic (exact) mass is 729 g/mol. The lowest BCUT2D eigenvalue weighted by molar-refractivity contribution is 0.244. The number of nitrogens with zero attached hydrogens (tertiary/aromatic N) is 1. The van der Waals surface area contributed by atoms with Crippen molar-refractivity contribution in [2.45, 2.75) is 50.8 Å². The molecule has 0 saturated carbocycles. The molecule has 1 aromatic heterocycles. The predicted molar refractivity (Wildman–Crippen MR) is 233 cm³/mol. The van der Waals surface area contributed by atoms with Crippen LogP contribution in [0.15, 0.2) is 175 Å². The van der Waals surface area contributed by atoms with E-state index in [0.29, 0.717) is 5.92 Å². The van der Waals surface area contributed by atoms with Gasteiger partial charge in [0.2, 0.25) is 0 Å². The minimum absolute atomic E-state index is 0.0155. The number of para-hydroxylation sites is 1. The summed E-state index contributed by atoms with van der Waals surface area (Å²) in [5.41, 5.74) is 13.4. The number of allylic oxidation sites excluding steroid dienone is 5. The van der Waals surface area contributed by atoms with E-state index in [1.807, 2.05) is 11.3 Å². The number of benzene rings is 5. The standard InChI is InChI=1S/C52H43NOS/c1-32-45(31-29-43-48-44(52(2,3)49(32)43)30-28-42-40-15-8-10-19-47(40)55-51(42)48)53(36-24-20-34(21-25-36)33-12-5-4-6-13-33)37-26-22-35(23-27-37)38-16-11-17-41-39-14-7-9-18-46(39)54-50(38)41/h4-26,28-32,37-38,45,50H,27H2,1-3H3. The summed E-state index contributed by atoms with van der Waals surface area (Å²) in [5.74, 6) is 1.49. The van der Waals surface area contributed by atoms with Crippen LogP contribution >= 0.6 is 11.3 Å². The van der Waals surface area contributed by atoms with Crippen LogP contribution in [0.25, 0.3) is 42.4 Å². The zero-order chi connectivity index (χ0) is 36.8. The lowest BCUT2D eigenvalue weighted by Gasteiger charge is -2.45. The second-order valence-electron chi connectivity index (χ2n) is 16.3. The molecule has 0 fully saturated rings. The van der Waals surface area contributed by atoms with E-state index in [0.717, 1.165) is 12.2 Å². The Morgan fingerprint density at radius 1 is 0.745 bits per heavy atom. The van der Waals surface area contributed by atoms with E-state index in [4.69, 9.17) is 4.74 Å². The van der Waals surface area contributed by atoms with E-state index in [9.17, 15) is 0 Å². The van der Waals surface area contributed by atoms with Crippen molar-refractivity contribution in [1.82, 2.24) is 0 Å². The average Bonchev–Trinajstić information content (AvgIpc) is 3.87. The Bertz CT molecular complexity index is 2720. The first-order valence-corrected chi connectivity index (χ1v) is 20.6. The zero-order valence-electron chi connectivity index (χ0n) is 31.4. The molecule has 4 aliphatic carbocycles. The molecule has 0 radical (unpaired) electrons. The third-order valence-electron chi connectivity index (χ3n) is 13.0. The molecule has 11 rings (SSSR count). The fourth-order valence-corrected chi connectivity index (χ4v) is 11.7. The van der Waals surface area contributed by atoms with Crippen molar-refractivity contribution in [2.75, 3.05) is 4.90 Å². The average molecular weight is 730 g/mol. The first-order chi connectivity index (χ1) is 27.0. The molecule has 5 unspecified atom stereocenters. The number of thiophene rings is 1. The summed E-state index contributed by atoms with van der Waals surface area (Å²) in [6, 6.07) is 42.6. The summed E-state index contributed by atoms with van der Waals surface area (Å²) in [5, 5.41) is 2.74. The fourth-order valence-electron chi connectivity index (χ4n) is 10.4. The molecule has 1 aliphatic heterocycles. The summed E-state index contributed by atoms with van der Waals surface area (Å²) in [6.45, 7) is 7.39. The SMILES string of the molecule is CC1C2=C(C=CC1N(c1ccc(-c3ccccc3)cc1)C1C=CC(C3C=CC=C4c5ccccc5OC43)=CC1)c1c(ccc3c1sc1ccccc13)C2(C)C. The Labute approximate surface area is 327 Å². The molecule has 3 heteroatoms. The maximum absolute atomic E-state index is 6.59. The molecule has 2 nitrogen and oxygen atoms in total. The van der Waals surface area contributed by atoms with E-state index in [2.05, 4.69) is 190 Å². The first-order valence-electron chi connectivity index (χ1n) is 19.8. The molecule has 5 aromatic carbocycles. The largest absolute Gasteiger partial charge is 0.484 e. The molecule has 2 heterocycles. The Morgan fingerprint density at radius 3 is 2.36 bits per heavy atom. The summed E-state index contributed by atoms with van der Waals surface area (Å²) < 4.78 is 9.38. The van der Waals surface area contributed by atoms with E-state index in [1.165, 1.54) is 70.4 Å². The molecule has 0 bridgehead atoms. The highest BCUT2D eigenvalue weighted by atomic mass is 32.1. The van der Waals surface area contributed by atoms with Gasteiger partial charge in [0.15, 0.2) is 0 Å². The van der Waals surface area contributed by atoms with Gasteiger partial charge in [-0.15, -0.1) is 11.3 Å². The number of fused-ring (bicyclic) bond motifs is 9. The van der Waals surface area contributed by atoms with E-state index in [-0.39, 0.29) is 29.5 Å². The second kappa shape index (κ2) is 12.4. The molecule has 0 N–H and O–H groups in total. The molecule has 0 saturated heterocycles. The Morgan fingerprint density at radius 2 is 1.53 bits per heavy atom. The number of anilines is 1. The molecule has 5 aliphatic rings. The lowest BCUT2D eigenvalue weighted by Crippen LogP contribution is -2.47. The van der Waals surface area contributed by atoms with Gasteiger partial charge < -0.3 is 9.64 Å². The van der Waals surface area contributed by atoms with Gasteiger partial charge in [-0.3, -0.25) is 0 Å². The number of ether oxygens (including phenoxy) is 1. The fraction of sp³-hybridized carbons (Fsp3) is 0.192. The van der Waals surface area contributed by atoms with Gasteiger partial charge >= 0.3 is 0 Å². The van der Waals surface area contributed by atoms with Gasteiger partial charge in [-0.25, -0.2) is 0 Å². The van der Waals surface area contributed by atoms with Crippen molar-refractivity contribution in [3.63, 3.8) is 0 Å². The first kappa shape index (κ1) is 32.8. The highest BCUT2D eigenvalue weighted by molar-refractivity contribution is 7.26. The Kier molecular flexibility index (Phi) is 7.41. The van der Waals surface area contributed by atoms with Crippen LogP contribution in [-0.4, -0.2) is 18.2 Å². The summed E-state index contributed by atoms with van der Waals surface area (Å²) >= 11 is 1.95. The van der Waals surface area contributed by atoms with E-state index >= 15 is 0 Å². The number of hydrogen-bond donors (Lipinski definition) is 0. The molecule has 55 heavy (non-hydrogen) atoms. The smallest absolute Gasteiger partial charge is 0.135 e. The predicted octanol–water partition coefficient (Wildman–Crippen LogP) is 13.1. The van der Waals surface area contributed by atoms with Gasteiger partial charge in [-0.05, 0) is 64.1 Å². The second-order valence-corrected chi connectivity index (χ2v) is 17.4. The van der Waals surface area contributed by atoms with Crippen LogP contribution < -0.4 is 9.64 Å². The Hall–Kier alpha value is -5.64. The lowest BCUT2D eigenvalue weighted by atomic mass is 9.72. The number of rotatable bonds is 5. The van der Waals surface area contributed by atoms with Crippen molar-refractivity contribution in [2.24, 2.45) is 11.8 Å². The van der Waals surface area contributed by atoms with Crippen LogP contribution in [-0.2, 0) is 5.41 Å². The summed E-state index contributed by atoms with van der Waals surface area (Å²) in [6.07, 6.45) is 20.1. The van der Waals surface area contributed by atoms with Crippen molar-refractivity contribution in [3.05, 3.63) is 192 Å². The summed E-state index contributed by atoms with van der Waals surface area (Å²) in [7, 11) is 0. The van der Waals surface area contributed by atoms with Crippen molar-refractivity contribution < 1.29 is 4.74 Å². The van der Waals surface area contributed by atoms with Crippen LogP contribution in [0, 0.1) is 11.8 Å². The highest BCUT2D eigenvalue weighted by Gasteiger charge is 2.46. The van der Waals surface area contributed by atoms with E-state index in [1.54, 1.807) is 5.57 Å². The topological polar surface area (TPSA) is 12.5 Å². The Balaban J connectivity index is 0.959. The van der Waals surface area contributed by atoms with Gasteiger partial charge in [0.1, 0.15) is 11.9 Å². The van der Waals surface area contributed by atoms with Crippen molar-refractivity contribution >= 4 is 48.3 Å².